The van der Waals surface area contributed by atoms with Crippen LogP contribution in [0.2, 0.25) is 0 Å². The van der Waals surface area contributed by atoms with Gasteiger partial charge in [-0.25, -0.2) is 0 Å². The van der Waals surface area contributed by atoms with Crippen LogP contribution in [0.25, 0.3) is 0 Å². The van der Waals surface area contributed by atoms with Crippen molar-refractivity contribution < 1.29 is 9.53 Å². The Morgan fingerprint density at radius 1 is 1.06 bits per heavy atom. The molecule has 0 atom stereocenters. The highest BCUT2D eigenvalue weighted by Gasteiger charge is 2.10. The largest absolute Gasteiger partial charge is 0.456 e. The van der Waals surface area contributed by atoms with Gasteiger partial charge >= 0.3 is 0 Å². The molecule has 0 aliphatic rings. The fraction of sp³-hybridized carbons (Fsp3) is 0. The van der Waals surface area contributed by atoms with E-state index >= 15 is 0 Å². The summed E-state index contributed by atoms with van der Waals surface area (Å²) < 4.78 is 5.57. The number of anilines is 1. The maximum absolute atomic E-state index is 11.2. The predicted octanol–water partition coefficient (Wildman–Crippen LogP) is 2.16. The van der Waals surface area contributed by atoms with E-state index in [-0.39, 0.29) is 0 Å². The Morgan fingerprint density at radius 3 is 2.41 bits per heavy atom. The van der Waals surface area contributed by atoms with Crippen molar-refractivity contribution in [2.45, 2.75) is 0 Å². The summed E-state index contributed by atoms with van der Waals surface area (Å²) in [5.74, 6) is 0.445. The van der Waals surface area contributed by atoms with E-state index in [2.05, 4.69) is 0 Å². The summed E-state index contributed by atoms with van der Waals surface area (Å²) in [6, 6.07) is 13.9. The van der Waals surface area contributed by atoms with Gasteiger partial charge in [0, 0.05) is 11.8 Å². The lowest BCUT2D eigenvalue weighted by Gasteiger charge is -2.09. The van der Waals surface area contributed by atoms with Gasteiger partial charge in [-0.1, -0.05) is 18.2 Å². The van der Waals surface area contributed by atoms with Gasteiger partial charge in [0.05, 0.1) is 5.56 Å². The second-order valence-electron chi connectivity index (χ2n) is 3.53. The van der Waals surface area contributed by atoms with Gasteiger partial charge in [-0.05, 0) is 24.3 Å². The molecular weight excluding hydrogens is 216 g/mol. The number of hydrogen-bond donors (Lipinski definition) is 2. The molecule has 2 aromatic rings. The molecule has 0 spiro atoms. The summed E-state index contributed by atoms with van der Waals surface area (Å²) in [5.41, 5.74) is 11.7. The Bertz CT molecular complexity index is 538. The molecular formula is C13H12N2O2. The van der Waals surface area contributed by atoms with Gasteiger partial charge in [-0.2, -0.15) is 0 Å². The standard InChI is InChI=1S/C13H12N2O2/c14-9-6-7-11(13(15)16)12(8-9)17-10-4-2-1-3-5-10/h1-8H,14H2,(H2,15,16). The molecule has 0 unspecified atom stereocenters. The van der Waals surface area contributed by atoms with Crippen LogP contribution < -0.4 is 16.2 Å². The van der Waals surface area contributed by atoms with Crippen LogP contribution in [0.4, 0.5) is 5.69 Å². The summed E-state index contributed by atoms with van der Waals surface area (Å²) in [6.07, 6.45) is 0. The topological polar surface area (TPSA) is 78.3 Å². The van der Waals surface area contributed by atoms with E-state index in [1.165, 1.54) is 0 Å². The molecule has 1 amide bonds. The molecule has 0 saturated heterocycles. The molecule has 0 heterocycles. The highest BCUT2D eigenvalue weighted by Crippen LogP contribution is 2.27. The van der Waals surface area contributed by atoms with Gasteiger partial charge in [0.1, 0.15) is 11.5 Å². The first kappa shape index (κ1) is 11.0. The molecule has 86 valence electrons. The summed E-state index contributed by atoms with van der Waals surface area (Å²) in [7, 11) is 0. The first-order chi connectivity index (χ1) is 8.16. The smallest absolute Gasteiger partial charge is 0.252 e. The van der Waals surface area contributed by atoms with E-state index in [0.29, 0.717) is 22.7 Å². The zero-order chi connectivity index (χ0) is 12.3. The maximum Gasteiger partial charge on any atom is 0.252 e. The van der Waals surface area contributed by atoms with E-state index < -0.39 is 5.91 Å². The van der Waals surface area contributed by atoms with Gasteiger partial charge in [0.25, 0.3) is 5.91 Å². The number of primary amides is 1. The number of carbonyl (C=O) groups excluding carboxylic acids is 1. The Morgan fingerprint density at radius 2 is 1.76 bits per heavy atom. The highest BCUT2D eigenvalue weighted by molar-refractivity contribution is 5.96. The maximum atomic E-state index is 11.2. The fourth-order valence-electron chi connectivity index (χ4n) is 1.44. The number of nitrogens with two attached hydrogens (primary N) is 2. The van der Waals surface area contributed by atoms with Gasteiger partial charge < -0.3 is 16.2 Å². The molecule has 4 nitrogen and oxygen atoms in total. The lowest BCUT2D eigenvalue weighted by Crippen LogP contribution is -2.12. The van der Waals surface area contributed by atoms with Crippen LogP contribution in [0.5, 0.6) is 11.5 Å². The summed E-state index contributed by atoms with van der Waals surface area (Å²) in [5, 5.41) is 0. The number of nitrogen functional groups attached to an aromatic ring is 1. The average Bonchev–Trinajstić information content (AvgIpc) is 2.30. The molecule has 17 heavy (non-hydrogen) atoms. The van der Waals surface area contributed by atoms with Crippen LogP contribution in [0, 0.1) is 0 Å². The quantitative estimate of drug-likeness (QED) is 0.790. The normalized spacial score (nSPS) is 9.88. The molecule has 4 N–H and O–H groups in total. The Labute approximate surface area is 98.8 Å². The van der Waals surface area contributed by atoms with Gasteiger partial charge in [-0.15, -0.1) is 0 Å². The van der Waals surface area contributed by atoms with E-state index in [4.69, 9.17) is 16.2 Å². The molecule has 2 rings (SSSR count). The summed E-state index contributed by atoms with van der Waals surface area (Å²) >= 11 is 0. The fourth-order valence-corrected chi connectivity index (χ4v) is 1.44. The average molecular weight is 228 g/mol. The number of rotatable bonds is 3. The second-order valence-corrected chi connectivity index (χ2v) is 3.53. The monoisotopic (exact) mass is 228 g/mol. The first-order valence-corrected chi connectivity index (χ1v) is 5.09. The number of benzene rings is 2. The van der Waals surface area contributed by atoms with Crippen molar-refractivity contribution >= 4 is 11.6 Å². The van der Waals surface area contributed by atoms with Crippen molar-refractivity contribution in [2.75, 3.05) is 5.73 Å². The summed E-state index contributed by atoms with van der Waals surface area (Å²) in [6.45, 7) is 0. The highest BCUT2D eigenvalue weighted by atomic mass is 16.5. The molecule has 0 radical (unpaired) electrons. The van der Waals surface area contributed by atoms with Gasteiger partial charge in [0.2, 0.25) is 0 Å². The number of carbonyl (C=O) groups is 1. The molecule has 0 saturated carbocycles. The Kier molecular flexibility index (Phi) is 2.96. The number of ether oxygens (including phenoxy) is 1. The minimum Gasteiger partial charge on any atom is -0.456 e. The van der Waals surface area contributed by atoms with Crippen molar-refractivity contribution in [3.63, 3.8) is 0 Å². The number of para-hydroxylation sites is 1. The molecule has 0 aromatic heterocycles. The van der Waals surface area contributed by atoms with Crippen molar-refractivity contribution in [1.29, 1.82) is 0 Å². The lowest BCUT2D eigenvalue weighted by molar-refractivity contribution is 0.0998. The SMILES string of the molecule is NC(=O)c1ccc(N)cc1Oc1ccccc1. The van der Waals surface area contributed by atoms with E-state index in [1.54, 1.807) is 30.3 Å². The zero-order valence-electron chi connectivity index (χ0n) is 9.09. The van der Waals surface area contributed by atoms with E-state index in [0.717, 1.165) is 0 Å². The molecule has 0 bridgehead atoms. The van der Waals surface area contributed by atoms with Crippen LogP contribution in [-0.2, 0) is 0 Å². The molecule has 0 aliphatic heterocycles. The molecule has 0 aliphatic carbocycles. The third-order valence-corrected chi connectivity index (χ3v) is 2.24. The Balaban J connectivity index is 2.37. The predicted molar refractivity (Wildman–Crippen MR) is 65.9 cm³/mol. The minimum absolute atomic E-state index is 0.308. The Hall–Kier alpha value is -2.49. The van der Waals surface area contributed by atoms with Gasteiger partial charge in [-0.3, -0.25) is 4.79 Å². The van der Waals surface area contributed by atoms with E-state index in [1.807, 2.05) is 18.2 Å². The van der Waals surface area contributed by atoms with Crippen LogP contribution in [0.3, 0.4) is 0 Å². The molecule has 4 heteroatoms. The van der Waals surface area contributed by atoms with Crippen molar-refractivity contribution in [3.8, 4) is 11.5 Å². The van der Waals surface area contributed by atoms with Crippen molar-refractivity contribution in [1.82, 2.24) is 0 Å². The number of hydrogen-bond acceptors (Lipinski definition) is 3. The molecule has 0 fully saturated rings. The first-order valence-electron chi connectivity index (χ1n) is 5.09. The lowest BCUT2D eigenvalue weighted by atomic mass is 10.1. The third kappa shape index (κ3) is 2.55. The van der Waals surface area contributed by atoms with Crippen LogP contribution in [0.15, 0.2) is 48.5 Å². The van der Waals surface area contributed by atoms with Gasteiger partial charge in [0.15, 0.2) is 0 Å². The van der Waals surface area contributed by atoms with Crippen molar-refractivity contribution in [2.24, 2.45) is 5.73 Å². The van der Waals surface area contributed by atoms with E-state index in [9.17, 15) is 4.79 Å². The van der Waals surface area contributed by atoms with Crippen LogP contribution in [-0.4, -0.2) is 5.91 Å². The summed E-state index contributed by atoms with van der Waals surface area (Å²) in [4.78, 5) is 11.2. The van der Waals surface area contributed by atoms with Crippen LogP contribution in [0.1, 0.15) is 10.4 Å². The zero-order valence-corrected chi connectivity index (χ0v) is 9.09. The minimum atomic E-state index is -0.545. The molecule has 2 aromatic carbocycles. The van der Waals surface area contributed by atoms with Crippen LogP contribution >= 0.6 is 0 Å². The second kappa shape index (κ2) is 4.57. The van der Waals surface area contributed by atoms with Crippen molar-refractivity contribution in [3.05, 3.63) is 54.1 Å². The number of amides is 1. The third-order valence-electron chi connectivity index (χ3n) is 2.24.